The van der Waals surface area contributed by atoms with E-state index in [2.05, 4.69) is 26.6 Å². The van der Waals surface area contributed by atoms with Gasteiger partial charge >= 0.3 is 5.97 Å². The standard InChI is InChI=1S/C29H46N6O7/c1-15(2)13-22(27(39)33-21-11-9-20(10-12-21)14-42-29(41)16(3)4)34-28(40)23(24(30)36)35-26(38)19(8)32-25(37)18(7)31-17(5)6/h9-12,15-19,22-23,31H,13-14H2,1-8H3,(H2,30,36)(H,32,37)(H,33,39)(H,34,40)(H,35,38)/t18-,19-,22-,23-/m0/s1. The number of anilines is 1. The summed E-state index contributed by atoms with van der Waals surface area (Å²) in [4.78, 5) is 74.9. The number of amides is 5. The molecule has 13 heteroatoms. The minimum Gasteiger partial charge on any atom is -0.461 e. The molecule has 7 N–H and O–H groups in total. The Morgan fingerprint density at radius 2 is 1.31 bits per heavy atom. The summed E-state index contributed by atoms with van der Waals surface area (Å²) in [5.41, 5.74) is 6.56. The molecule has 0 radical (unpaired) electrons. The van der Waals surface area contributed by atoms with E-state index in [-0.39, 0.29) is 36.9 Å². The predicted molar refractivity (Wildman–Crippen MR) is 158 cm³/mol. The van der Waals surface area contributed by atoms with Crippen LogP contribution in [0.1, 0.15) is 67.4 Å². The first kappa shape index (κ1) is 36.0. The summed E-state index contributed by atoms with van der Waals surface area (Å²) in [6.07, 6.45) is 0.230. The molecule has 1 aromatic carbocycles. The van der Waals surface area contributed by atoms with E-state index in [4.69, 9.17) is 10.5 Å². The topological polar surface area (TPSA) is 198 Å². The van der Waals surface area contributed by atoms with Gasteiger partial charge in [0.05, 0.1) is 12.0 Å². The molecule has 42 heavy (non-hydrogen) atoms. The van der Waals surface area contributed by atoms with Crippen LogP contribution in [-0.4, -0.2) is 65.7 Å². The number of benzene rings is 1. The van der Waals surface area contributed by atoms with Gasteiger partial charge < -0.3 is 37.1 Å². The molecule has 1 rings (SSSR count). The summed E-state index contributed by atoms with van der Waals surface area (Å²) >= 11 is 0. The Labute approximate surface area is 247 Å². The van der Waals surface area contributed by atoms with Gasteiger partial charge in [0.25, 0.3) is 5.91 Å². The Morgan fingerprint density at radius 1 is 0.738 bits per heavy atom. The quantitative estimate of drug-likeness (QED) is 0.119. The lowest BCUT2D eigenvalue weighted by Crippen LogP contribution is -2.60. The van der Waals surface area contributed by atoms with Crippen LogP contribution in [0.4, 0.5) is 5.69 Å². The molecule has 0 saturated carbocycles. The van der Waals surface area contributed by atoms with E-state index < -0.39 is 53.7 Å². The SMILES string of the molecule is CC(C)C[C@H](NC(=O)[C@@H](NC(=O)[C@H](C)NC(=O)[C@H](C)NC(C)C)C(N)=O)C(=O)Nc1ccc(COC(=O)C(C)C)cc1. The second kappa shape index (κ2) is 17.1. The van der Waals surface area contributed by atoms with Crippen LogP contribution in [0.3, 0.4) is 0 Å². The highest BCUT2D eigenvalue weighted by molar-refractivity contribution is 6.08. The van der Waals surface area contributed by atoms with Gasteiger partial charge in [0.2, 0.25) is 23.6 Å². The number of ether oxygens (including phenoxy) is 1. The molecule has 0 spiro atoms. The lowest BCUT2D eigenvalue weighted by Gasteiger charge is -2.24. The lowest BCUT2D eigenvalue weighted by molar-refractivity contribution is -0.148. The number of primary amides is 1. The second-order valence-corrected chi connectivity index (χ2v) is 11.3. The van der Waals surface area contributed by atoms with Gasteiger partial charge in [-0.1, -0.05) is 53.7 Å². The smallest absolute Gasteiger partial charge is 0.308 e. The van der Waals surface area contributed by atoms with Crippen molar-refractivity contribution in [2.45, 2.75) is 98.6 Å². The maximum atomic E-state index is 13.1. The summed E-state index contributed by atoms with van der Waals surface area (Å²) in [7, 11) is 0. The average molecular weight is 591 g/mol. The Balaban J connectivity index is 2.88. The molecule has 234 valence electrons. The maximum Gasteiger partial charge on any atom is 0.308 e. The number of hydrogen-bond acceptors (Lipinski definition) is 8. The van der Waals surface area contributed by atoms with Crippen molar-refractivity contribution in [3.05, 3.63) is 29.8 Å². The van der Waals surface area contributed by atoms with Crippen LogP contribution in [-0.2, 0) is 40.1 Å². The lowest BCUT2D eigenvalue weighted by atomic mass is 10.0. The second-order valence-electron chi connectivity index (χ2n) is 11.3. The van der Waals surface area contributed by atoms with E-state index in [1.54, 1.807) is 45.0 Å². The first-order valence-corrected chi connectivity index (χ1v) is 14.0. The molecule has 0 fully saturated rings. The van der Waals surface area contributed by atoms with Crippen molar-refractivity contribution >= 4 is 41.2 Å². The summed E-state index contributed by atoms with van der Waals surface area (Å²) in [6.45, 7) is 14.1. The van der Waals surface area contributed by atoms with E-state index in [0.29, 0.717) is 5.69 Å². The fourth-order valence-electron chi connectivity index (χ4n) is 3.71. The third-order valence-corrected chi connectivity index (χ3v) is 5.98. The monoisotopic (exact) mass is 590 g/mol. The molecule has 4 atom stereocenters. The van der Waals surface area contributed by atoms with Crippen LogP contribution < -0.4 is 32.3 Å². The zero-order chi connectivity index (χ0) is 32.1. The molecule has 5 amide bonds. The number of hydrogen-bond donors (Lipinski definition) is 6. The van der Waals surface area contributed by atoms with Crippen molar-refractivity contribution in [3.63, 3.8) is 0 Å². The number of carbonyl (C=O) groups excluding carboxylic acids is 6. The molecule has 0 unspecified atom stereocenters. The summed E-state index contributed by atoms with van der Waals surface area (Å²) in [5, 5.41) is 13.0. The first-order chi connectivity index (χ1) is 19.5. The van der Waals surface area contributed by atoms with Crippen LogP contribution in [0.15, 0.2) is 24.3 Å². The molecule has 0 aromatic heterocycles. The molecule has 1 aromatic rings. The van der Waals surface area contributed by atoms with E-state index in [9.17, 15) is 28.8 Å². The van der Waals surface area contributed by atoms with E-state index in [0.717, 1.165) is 5.56 Å². The highest BCUT2D eigenvalue weighted by Gasteiger charge is 2.32. The zero-order valence-corrected chi connectivity index (χ0v) is 25.7. The Morgan fingerprint density at radius 3 is 1.81 bits per heavy atom. The number of nitrogens with one attached hydrogen (secondary N) is 5. The van der Waals surface area contributed by atoms with Gasteiger partial charge in [-0.25, -0.2) is 0 Å². The molecule has 0 aliphatic carbocycles. The number of rotatable bonds is 16. The van der Waals surface area contributed by atoms with Crippen LogP contribution in [0, 0.1) is 11.8 Å². The summed E-state index contributed by atoms with van der Waals surface area (Å²) in [6, 6.07) is 2.19. The van der Waals surface area contributed by atoms with Gasteiger partial charge in [-0.05, 0) is 43.9 Å². The van der Waals surface area contributed by atoms with Gasteiger partial charge in [0.15, 0.2) is 6.04 Å². The van der Waals surface area contributed by atoms with Crippen molar-refractivity contribution in [3.8, 4) is 0 Å². The zero-order valence-electron chi connectivity index (χ0n) is 25.7. The largest absolute Gasteiger partial charge is 0.461 e. The number of nitrogens with two attached hydrogens (primary N) is 1. The molecule has 0 aliphatic heterocycles. The highest BCUT2D eigenvalue weighted by Crippen LogP contribution is 2.14. The number of esters is 1. The van der Waals surface area contributed by atoms with Crippen LogP contribution in [0.25, 0.3) is 0 Å². The maximum absolute atomic E-state index is 13.1. The minimum absolute atomic E-state index is 0.0163. The van der Waals surface area contributed by atoms with Crippen LogP contribution >= 0.6 is 0 Å². The molecular formula is C29H46N6O7. The Kier molecular flexibility index (Phi) is 14.6. The van der Waals surface area contributed by atoms with Gasteiger partial charge in [-0.15, -0.1) is 0 Å². The molecular weight excluding hydrogens is 544 g/mol. The van der Waals surface area contributed by atoms with Crippen molar-refractivity contribution in [1.29, 1.82) is 0 Å². The van der Waals surface area contributed by atoms with Gasteiger partial charge in [0.1, 0.15) is 18.7 Å². The average Bonchev–Trinajstić information content (AvgIpc) is 2.89. The molecule has 0 saturated heterocycles. The molecule has 0 heterocycles. The Bertz CT molecular complexity index is 1100. The third-order valence-electron chi connectivity index (χ3n) is 5.98. The Hall–Kier alpha value is -4.00. The van der Waals surface area contributed by atoms with Crippen LogP contribution in [0.2, 0.25) is 0 Å². The molecule has 0 aliphatic rings. The van der Waals surface area contributed by atoms with Gasteiger partial charge in [-0.2, -0.15) is 0 Å². The van der Waals surface area contributed by atoms with Crippen molar-refractivity contribution < 1.29 is 33.5 Å². The molecule has 13 nitrogen and oxygen atoms in total. The van der Waals surface area contributed by atoms with Crippen molar-refractivity contribution in [1.82, 2.24) is 21.3 Å². The first-order valence-electron chi connectivity index (χ1n) is 14.0. The predicted octanol–water partition coefficient (Wildman–Crippen LogP) is 0.717. The summed E-state index contributed by atoms with van der Waals surface area (Å²) < 4.78 is 5.20. The third kappa shape index (κ3) is 12.7. The van der Waals surface area contributed by atoms with Crippen molar-refractivity contribution in [2.75, 3.05) is 5.32 Å². The van der Waals surface area contributed by atoms with Crippen molar-refractivity contribution in [2.24, 2.45) is 17.6 Å². The van der Waals surface area contributed by atoms with Gasteiger partial charge in [-0.3, -0.25) is 28.8 Å². The normalized spacial score (nSPS) is 14.0. The highest BCUT2D eigenvalue weighted by atomic mass is 16.5. The molecule has 0 bridgehead atoms. The summed E-state index contributed by atoms with van der Waals surface area (Å²) in [5.74, 6) is -4.47. The fourth-order valence-corrected chi connectivity index (χ4v) is 3.71. The van der Waals surface area contributed by atoms with Gasteiger partial charge in [0, 0.05) is 11.7 Å². The van der Waals surface area contributed by atoms with E-state index >= 15 is 0 Å². The van der Waals surface area contributed by atoms with E-state index in [1.165, 1.54) is 6.92 Å². The minimum atomic E-state index is -1.78. The van der Waals surface area contributed by atoms with E-state index in [1.807, 2.05) is 27.7 Å². The number of carbonyl (C=O) groups is 6. The fraction of sp³-hybridized carbons (Fsp3) is 0.586. The van der Waals surface area contributed by atoms with Crippen LogP contribution in [0.5, 0.6) is 0 Å².